The molecule has 2 aliphatic heterocycles. The summed E-state index contributed by atoms with van der Waals surface area (Å²) in [5.74, 6) is 2.57. The number of nitrogens with zero attached hydrogens (tertiary/aromatic N) is 1. The fourth-order valence-electron chi connectivity index (χ4n) is 2.89. The van der Waals surface area contributed by atoms with Crippen molar-refractivity contribution in [2.24, 2.45) is 0 Å². The van der Waals surface area contributed by atoms with E-state index in [0.717, 1.165) is 25.7 Å². The average molecular weight is 222 g/mol. The van der Waals surface area contributed by atoms with E-state index in [9.17, 15) is 9.90 Å². The average Bonchev–Trinajstić information content (AvgIpc) is 2.52. The summed E-state index contributed by atoms with van der Waals surface area (Å²) in [6.45, 7) is 0.741. The SMILES string of the molecule is C#CCNCC(=O)N1C2CCC1CC(O)C2. The molecule has 88 valence electrons. The maximum absolute atomic E-state index is 12.0. The molecule has 2 saturated heterocycles. The highest BCUT2D eigenvalue weighted by Gasteiger charge is 2.42. The molecule has 0 spiro atoms. The number of terminal acetylenes is 1. The normalized spacial score (nSPS) is 32.5. The molecule has 2 bridgehead atoms. The smallest absolute Gasteiger partial charge is 0.237 e. The number of hydrogen-bond donors (Lipinski definition) is 2. The third-order valence-corrected chi connectivity index (χ3v) is 3.50. The number of hydrogen-bond acceptors (Lipinski definition) is 3. The van der Waals surface area contributed by atoms with Crippen LogP contribution in [0.4, 0.5) is 0 Å². The molecular formula is C12H18N2O2. The Morgan fingerprint density at radius 2 is 2.06 bits per heavy atom. The first-order valence-corrected chi connectivity index (χ1v) is 5.85. The lowest BCUT2D eigenvalue weighted by Crippen LogP contribution is -2.50. The van der Waals surface area contributed by atoms with Crippen molar-refractivity contribution < 1.29 is 9.90 Å². The molecule has 2 heterocycles. The number of aliphatic hydroxyl groups is 1. The van der Waals surface area contributed by atoms with Crippen LogP contribution in [0.1, 0.15) is 25.7 Å². The van der Waals surface area contributed by atoms with Crippen molar-refractivity contribution in [3.05, 3.63) is 0 Å². The molecular weight excluding hydrogens is 204 g/mol. The van der Waals surface area contributed by atoms with Gasteiger partial charge in [0, 0.05) is 12.1 Å². The third-order valence-electron chi connectivity index (χ3n) is 3.50. The molecule has 1 amide bonds. The van der Waals surface area contributed by atoms with Crippen molar-refractivity contribution in [2.75, 3.05) is 13.1 Å². The van der Waals surface area contributed by atoms with Crippen molar-refractivity contribution >= 4 is 5.91 Å². The van der Waals surface area contributed by atoms with Crippen LogP contribution in [0.15, 0.2) is 0 Å². The number of piperidine rings is 1. The number of nitrogens with one attached hydrogen (secondary N) is 1. The van der Waals surface area contributed by atoms with Gasteiger partial charge in [0.1, 0.15) is 0 Å². The molecule has 0 aromatic rings. The number of carbonyl (C=O) groups is 1. The van der Waals surface area contributed by atoms with Gasteiger partial charge in [-0.05, 0) is 25.7 Å². The van der Waals surface area contributed by atoms with E-state index in [1.54, 1.807) is 0 Å². The quantitative estimate of drug-likeness (QED) is 0.510. The minimum absolute atomic E-state index is 0.120. The van der Waals surface area contributed by atoms with Crippen molar-refractivity contribution in [3.63, 3.8) is 0 Å². The first-order valence-electron chi connectivity index (χ1n) is 5.85. The van der Waals surface area contributed by atoms with Crippen LogP contribution in [0.5, 0.6) is 0 Å². The lowest BCUT2D eigenvalue weighted by molar-refractivity contribution is -0.136. The summed E-state index contributed by atoms with van der Waals surface area (Å²) in [5, 5.41) is 12.5. The lowest BCUT2D eigenvalue weighted by atomic mass is 10.00. The number of amides is 1. The molecule has 2 N–H and O–H groups in total. The number of fused-ring (bicyclic) bond motifs is 2. The summed E-state index contributed by atoms with van der Waals surface area (Å²) in [5.41, 5.74) is 0. The molecule has 0 aromatic heterocycles. The van der Waals surface area contributed by atoms with Gasteiger partial charge in [0.05, 0.1) is 19.2 Å². The van der Waals surface area contributed by atoms with E-state index in [2.05, 4.69) is 11.2 Å². The molecule has 2 atom stereocenters. The van der Waals surface area contributed by atoms with Crippen molar-refractivity contribution in [2.45, 2.75) is 43.9 Å². The Labute approximate surface area is 96.0 Å². The summed E-state index contributed by atoms with van der Waals surface area (Å²) in [6, 6.07) is 0.489. The summed E-state index contributed by atoms with van der Waals surface area (Å²) in [7, 11) is 0. The van der Waals surface area contributed by atoms with Crippen LogP contribution in [0.3, 0.4) is 0 Å². The topological polar surface area (TPSA) is 52.6 Å². The molecule has 0 saturated carbocycles. The molecule has 4 heteroatoms. The molecule has 2 fully saturated rings. The molecule has 2 aliphatic rings. The largest absolute Gasteiger partial charge is 0.393 e. The second-order valence-electron chi connectivity index (χ2n) is 4.62. The minimum Gasteiger partial charge on any atom is -0.393 e. The predicted molar refractivity (Wildman–Crippen MR) is 60.6 cm³/mol. The third kappa shape index (κ3) is 2.21. The maximum Gasteiger partial charge on any atom is 0.237 e. The molecule has 4 nitrogen and oxygen atoms in total. The molecule has 2 rings (SSSR count). The van der Waals surface area contributed by atoms with Crippen LogP contribution >= 0.6 is 0 Å². The van der Waals surface area contributed by atoms with Gasteiger partial charge in [-0.1, -0.05) is 5.92 Å². The monoisotopic (exact) mass is 222 g/mol. The van der Waals surface area contributed by atoms with Gasteiger partial charge in [-0.2, -0.15) is 0 Å². The van der Waals surface area contributed by atoms with Gasteiger partial charge in [0.15, 0.2) is 0 Å². The van der Waals surface area contributed by atoms with Gasteiger partial charge in [-0.15, -0.1) is 6.42 Å². The van der Waals surface area contributed by atoms with Crippen LogP contribution in [-0.2, 0) is 4.79 Å². The van der Waals surface area contributed by atoms with E-state index >= 15 is 0 Å². The summed E-state index contributed by atoms with van der Waals surface area (Å²) in [6.07, 6.45) is 8.41. The highest BCUT2D eigenvalue weighted by molar-refractivity contribution is 5.79. The molecule has 0 radical (unpaired) electrons. The lowest BCUT2D eigenvalue weighted by Gasteiger charge is -2.37. The van der Waals surface area contributed by atoms with Crippen molar-refractivity contribution in [1.82, 2.24) is 10.2 Å². The highest BCUT2D eigenvalue weighted by Crippen LogP contribution is 2.35. The van der Waals surface area contributed by atoms with Gasteiger partial charge in [-0.3, -0.25) is 10.1 Å². The Morgan fingerprint density at radius 1 is 1.44 bits per heavy atom. The van der Waals surface area contributed by atoms with E-state index in [1.807, 2.05) is 4.90 Å². The molecule has 0 aliphatic carbocycles. The first-order chi connectivity index (χ1) is 7.72. The summed E-state index contributed by atoms with van der Waals surface area (Å²) >= 11 is 0. The second kappa shape index (κ2) is 4.86. The Balaban J connectivity index is 1.90. The van der Waals surface area contributed by atoms with E-state index in [1.165, 1.54) is 0 Å². The second-order valence-corrected chi connectivity index (χ2v) is 4.62. The number of carbonyl (C=O) groups excluding carboxylic acids is 1. The van der Waals surface area contributed by atoms with Crippen molar-refractivity contribution in [3.8, 4) is 12.3 Å². The van der Waals surface area contributed by atoms with E-state index < -0.39 is 0 Å². The zero-order valence-electron chi connectivity index (χ0n) is 9.35. The van der Waals surface area contributed by atoms with Crippen LogP contribution in [0.2, 0.25) is 0 Å². The summed E-state index contributed by atoms with van der Waals surface area (Å²) in [4.78, 5) is 13.9. The van der Waals surface area contributed by atoms with E-state index in [-0.39, 0.29) is 24.1 Å². The van der Waals surface area contributed by atoms with E-state index in [0.29, 0.717) is 13.1 Å². The first kappa shape index (κ1) is 11.4. The minimum atomic E-state index is -0.222. The van der Waals surface area contributed by atoms with Crippen molar-refractivity contribution in [1.29, 1.82) is 0 Å². The van der Waals surface area contributed by atoms with Crippen LogP contribution in [-0.4, -0.2) is 47.2 Å². The van der Waals surface area contributed by atoms with Gasteiger partial charge in [0.25, 0.3) is 0 Å². The molecule has 2 unspecified atom stereocenters. The fourth-order valence-corrected chi connectivity index (χ4v) is 2.89. The van der Waals surface area contributed by atoms with Crippen LogP contribution < -0.4 is 5.32 Å². The number of aliphatic hydroxyl groups excluding tert-OH is 1. The standard InChI is InChI=1S/C12H18N2O2/c1-2-5-13-8-12(16)14-9-3-4-10(14)7-11(15)6-9/h1,9-11,13,15H,3-8H2. The predicted octanol–water partition coefficient (Wildman–Crippen LogP) is -0.276. The maximum atomic E-state index is 12.0. The van der Waals surface area contributed by atoms with Crippen LogP contribution in [0, 0.1) is 12.3 Å². The Kier molecular flexibility index (Phi) is 3.47. The number of rotatable bonds is 3. The van der Waals surface area contributed by atoms with Gasteiger partial charge in [-0.25, -0.2) is 0 Å². The highest BCUT2D eigenvalue weighted by atomic mass is 16.3. The zero-order valence-corrected chi connectivity index (χ0v) is 9.35. The Bertz CT molecular complexity index is 297. The zero-order chi connectivity index (χ0) is 11.5. The molecule has 16 heavy (non-hydrogen) atoms. The Hall–Kier alpha value is -1.05. The van der Waals surface area contributed by atoms with Gasteiger partial charge >= 0.3 is 0 Å². The van der Waals surface area contributed by atoms with Gasteiger partial charge in [0.2, 0.25) is 5.91 Å². The van der Waals surface area contributed by atoms with E-state index in [4.69, 9.17) is 6.42 Å². The summed E-state index contributed by atoms with van der Waals surface area (Å²) < 4.78 is 0. The van der Waals surface area contributed by atoms with Gasteiger partial charge < -0.3 is 10.0 Å². The fraction of sp³-hybridized carbons (Fsp3) is 0.750. The Morgan fingerprint density at radius 3 is 2.62 bits per heavy atom. The van der Waals surface area contributed by atoms with Crippen LogP contribution in [0.25, 0.3) is 0 Å². The molecule has 0 aromatic carbocycles.